The predicted octanol–water partition coefficient (Wildman–Crippen LogP) is 5.11. The van der Waals surface area contributed by atoms with Crippen LogP contribution in [0.3, 0.4) is 0 Å². The zero-order valence-corrected chi connectivity index (χ0v) is 34.7. The highest BCUT2D eigenvalue weighted by molar-refractivity contribution is 6.91. The van der Waals surface area contributed by atoms with Crippen molar-refractivity contribution >= 4 is 42.1 Å². The average Bonchev–Trinajstić information content (AvgIpc) is 3.91. The lowest BCUT2D eigenvalue weighted by atomic mass is 9.82. The molecule has 0 radical (unpaired) electrons. The van der Waals surface area contributed by atoms with Crippen LogP contribution in [-0.4, -0.2) is 84.4 Å². The van der Waals surface area contributed by atoms with Crippen molar-refractivity contribution in [2.45, 2.75) is 62.7 Å². The van der Waals surface area contributed by atoms with Crippen LogP contribution in [0.4, 0.5) is 17.1 Å². The zero-order valence-electron chi connectivity index (χ0n) is 33.7. The van der Waals surface area contributed by atoms with Crippen LogP contribution in [0.2, 0.25) is 18.6 Å². The number of carbonyl (C=O) groups is 2. The molecule has 3 aliphatic heterocycles. The molecule has 15 heteroatoms. The van der Waals surface area contributed by atoms with Crippen molar-refractivity contribution in [1.29, 1.82) is 0 Å². The van der Waals surface area contributed by atoms with Crippen LogP contribution in [0, 0.1) is 16.0 Å². The second kappa shape index (κ2) is 16.1. The van der Waals surface area contributed by atoms with E-state index in [4.69, 9.17) is 9.47 Å². The number of methoxy groups -OCH3 is 1. The number of carbonyl (C=O) groups excluding carboxylic acids is 2. The number of nitro benzene ring substituents is 1. The van der Waals surface area contributed by atoms with Gasteiger partial charge in [-0.25, -0.2) is 0 Å². The number of aryl methyl sites for hydroxylation is 1. The summed E-state index contributed by atoms with van der Waals surface area (Å²) in [6.45, 7) is 8.72. The summed E-state index contributed by atoms with van der Waals surface area (Å²) < 4.78 is 14.5. The molecular formula is C44H49N7O7Si. The van der Waals surface area contributed by atoms with E-state index in [1.165, 1.54) is 17.3 Å². The molecule has 5 aromatic rings. The minimum atomic E-state index is -2.51. The van der Waals surface area contributed by atoms with Crippen molar-refractivity contribution in [3.63, 3.8) is 0 Å². The largest absolute Gasteiger partial charge is 0.497 e. The van der Waals surface area contributed by atoms with E-state index in [2.05, 4.69) is 47.8 Å². The number of hydrogen-bond acceptors (Lipinski definition) is 10. The van der Waals surface area contributed by atoms with Crippen molar-refractivity contribution in [2.75, 3.05) is 43.2 Å². The Hall–Kier alpha value is -5.74. The molecule has 306 valence electrons. The third kappa shape index (κ3) is 7.21. The molecule has 14 nitrogen and oxygen atoms in total. The Bertz CT molecular complexity index is 2340. The number of benzene rings is 4. The zero-order chi connectivity index (χ0) is 41.5. The third-order valence-corrected chi connectivity index (χ3v) is 17.0. The number of aliphatic hydroxyl groups is 1. The maximum Gasteiger partial charge on any atom is 0.269 e. The van der Waals surface area contributed by atoms with E-state index in [-0.39, 0.29) is 54.6 Å². The molecule has 2 amide bonds. The molecule has 8 rings (SSSR count). The molecule has 2 fully saturated rings. The molecule has 5 atom stereocenters. The summed E-state index contributed by atoms with van der Waals surface area (Å²) in [4.78, 5) is 43.2. The van der Waals surface area contributed by atoms with Gasteiger partial charge in [-0.05, 0) is 53.4 Å². The first kappa shape index (κ1) is 40.1. The van der Waals surface area contributed by atoms with Crippen LogP contribution in [0.1, 0.15) is 41.6 Å². The predicted molar refractivity (Wildman–Crippen MR) is 226 cm³/mol. The number of aromatic nitrogens is 3. The first-order chi connectivity index (χ1) is 28.5. The van der Waals surface area contributed by atoms with E-state index in [1.807, 2.05) is 72.9 Å². The lowest BCUT2D eigenvalue weighted by Crippen LogP contribution is -2.51. The molecule has 0 saturated carbocycles. The molecule has 2 saturated heterocycles. The van der Waals surface area contributed by atoms with Gasteiger partial charge in [0.15, 0.2) is 5.60 Å². The number of rotatable bonds is 13. The summed E-state index contributed by atoms with van der Waals surface area (Å²) in [5.74, 6) is -0.222. The van der Waals surface area contributed by atoms with E-state index >= 15 is 4.79 Å². The summed E-state index contributed by atoms with van der Waals surface area (Å²) in [6, 6.07) is 30.1. The molecule has 4 aromatic carbocycles. The minimum absolute atomic E-state index is 0.000393. The smallest absolute Gasteiger partial charge is 0.269 e. The van der Waals surface area contributed by atoms with Crippen LogP contribution in [0.15, 0.2) is 103 Å². The number of anilines is 2. The maximum absolute atomic E-state index is 15.3. The molecule has 1 aromatic heterocycles. The fourth-order valence-electron chi connectivity index (χ4n) is 9.58. The Balaban J connectivity index is 1.15. The van der Waals surface area contributed by atoms with Crippen molar-refractivity contribution in [2.24, 2.45) is 5.92 Å². The Morgan fingerprint density at radius 1 is 1.05 bits per heavy atom. The average molecular weight is 816 g/mol. The van der Waals surface area contributed by atoms with E-state index in [0.717, 1.165) is 22.6 Å². The fraction of sp³-hybridized carbons (Fsp3) is 0.364. The lowest BCUT2D eigenvalue weighted by molar-refractivity contribution is -0.385. The monoisotopic (exact) mass is 815 g/mol. The van der Waals surface area contributed by atoms with Gasteiger partial charge in [0.25, 0.3) is 11.6 Å². The van der Waals surface area contributed by atoms with Crippen molar-refractivity contribution in [1.82, 2.24) is 20.3 Å². The summed E-state index contributed by atoms with van der Waals surface area (Å²) in [7, 11) is -0.877. The molecule has 3 aliphatic rings. The summed E-state index contributed by atoms with van der Waals surface area (Å²) >= 11 is 0. The first-order valence-electron chi connectivity index (χ1n) is 20.0. The van der Waals surface area contributed by atoms with Gasteiger partial charge in [0.05, 0.1) is 63.2 Å². The number of non-ortho nitro benzene ring substituents is 1. The lowest BCUT2D eigenvalue weighted by Gasteiger charge is -2.37. The number of piperazine rings is 1. The molecule has 4 heterocycles. The molecule has 1 unspecified atom stereocenters. The van der Waals surface area contributed by atoms with Gasteiger partial charge >= 0.3 is 0 Å². The van der Waals surface area contributed by atoms with E-state index < -0.39 is 24.7 Å². The second-order valence-corrected chi connectivity index (χ2v) is 20.9. The highest BCUT2D eigenvalue weighted by Crippen LogP contribution is 2.60. The topological polar surface area (TPSA) is 165 Å². The molecule has 2 N–H and O–H groups in total. The van der Waals surface area contributed by atoms with Crippen molar-refractivity contribution < 1.29 is 29.1 Å². The quantitative estimate of drug-likeness (QED) is 0.0928. The van der Waals surface area contributed by atoms with Crippen LogP contribution < -0.4 is 25.0 Å². The molecule has 0 aliphatic carbocycles. The van der Waals surface area contributed by atoms with Crippen molar-refractivity contribution in [3.05, 3.63) is 136 Å². The van der Waals surface area contributed by atoms with Crippen LogP contribution in [-0.2, 0) is 33.0 Å². The maximum atomic E-state index is 15.3. The molecule has 0 bridgehead atoms. The van der Waals surface area contributed by atoms with Crippen molar-refractivity contribution in [3.8, 4) is 5.75 Å². The van der Waals surface area contributed by atoms with Gasteiger partial charge in [0.2, 0.25) is 5.91 Å². The highest BCUT2D eigenvalue weighted by Gasteiger charge is 2.66. The Morgan fingerprint density at radius 2 is 1.80 bits per heavy atom. The number of hydrogen-bond donors (Lipinski definition) is 2. The number of nitro groups is 1. The van der Waals surface area contributed by atoms with Gasteiger partial charge in [0.1, 0.15) is 5.75 Å². The SMILES string of the molecule is COc1ccc([Si](C)(C)[C@@H]2[C@@H](CCn3cc(C(CO)c4ccccc4)nn3)O[C@]3(C(=O)N(Cc4ccc(N5CCNCC5=O)cc4)c4ccc([N+](=O)[O-])cc43)[C@H]2C)cc1. The standard InChI is InChI=1S/C44H49N7O7Si/c1-29-42(59(3,4)35-17-15-34(57-2)16-18-35)40(20-22-48-27-38(46-47-48)36(28-52)31-8-6-5-7-9-31)58-44(29)37-24-33(51(55)56)14-19-39(37)50(43(44)54)26-30-10-12-32(13-11-30)49-23-21-45-25-41(49)53/h5-19,24,27,29,36,40,42,45,52H,20-23,25-26,28H2,1-4H3/t29-,36?,40+,42-,44+/m0/s1. The number of ether oxygens (including phenoxy) is 2. The van der Waals surface area contributed by atoms with Gasteiger partial charge in [-0.3, -0.25) is 24.4 Å². The molecule has 1 spiro atoms. The van der Waals surface area contributed by atoms with E-state index in [0.29, 0.717) is 43.0 Å². The second-order valence-electron chi connectivity index (χ2n) is 16.2. The highest BCUT2D eigenvalue weighted by atomic mass is 28.3. The number of nitrogens with one attached hydrogen (secondary N) is 1. The molecule has 59 heavy (non-hydrogen) atoms. The van der Waals surface area contributed by atoms with E-state index in [9.17, 15) is 20.0 Å². The Kier molecular flexibility index (Phi) is 11.0. The molecular weight excluding hydrogens is 767 g/mol. The van der Waals surface area contributed by atoms with Gasteiger partial charge in [-0.1, -0.05) is 85.0 Å². The minimum Gasteiger partial charge on any atom is -0.497 e. The summed E-state index contributed by atoms with van der Waals surface area (Å²) in [6.07, 6.45) is 1.91. The van der Waals surface area contributed by atoms with Gasteiger partial charge < -0.3 is 29.7 Å². The van der Waals surface area contributed by atoms with Crippen LogP contribution in [0.25, 0.3) is 0 Å². The summed E-state index contributed by atoms with van der Waals surface area (Å²) in [5, 5.41) is 35.7. The Labute approximate surface area is 343 Å². The normalized spacial score (nSPS) is 22.2. The number of amides is 2. The third-order valence-electron chi connectivity index (χ3n) is 12.6. The number of aliphatic hydroxyl groups excluding tert-OH is 1. The first-order valence-corrected chi connectivity index (χ1v) is 23.1. The van der Waals surface area contributed by atoms with Crippen LogP contribution in [0.5, 0.6) is 5.75 Å². The van der Waals surface area contributed by atoms with Gasteiger partial charge in [-0.15, -0.1) is 5.10 Å². The van der Waals surface area contributed by atoms with Gasteiger partial charge in [0, 0.05) is 55.1 Å². The number of nitrogens with zero attached hydrogens (tertiary/aromatic N) is 6. The van der Waals surface area contributed by atoms with E-state index in [1.54, 1.807) is 27.7 Å². The number of fused-ring (bicyclic) bond motifs is 2. The Morgan fingerprint density at radius 3 is 2.47 bits per heavy atom. The summed E-state index contributed by atoms with van der Waals surface area (Å²) in [5.41, 5.74) is 2.57. The fourth-order valence-corrected chi connectivity index (χ4v) is 13.6. The van der Waals surface area contributed by atoms with Gasteiger partial charge in [-0.2, -0.15) is 0 Å². The van der Waals surface area contributed by atoms with Crippen LogP contribution >= 0.6 is 0 Å².